The van der Waals surface area contributed by atoms with Gasteiger partial charge in [0.25, 0.3) is 0 Å². The topological polar surface area (TPSA) is 47.0 Å². The summed E-state index contributed by atoms with van der Waals surface area (Å²) in [6.45, 7) is 2.00. The standard InChI is InChI=1S/C17H14N2OS2/c1-11-6-5-9-19(10-11)14-13(18)16(22-17(14)21)15(20)12-7-3-2-4-8-12/h2-10H,1H3,(H2-,18,20,21). The summed E-state index contributed by atoms with van der Waals surface area (Å²) in [5.74, 6) is -0.0892. The monoisotopic (exact) mass is 326 g/mol. The molecule has 3 nitrogen and oxygen atoms in total. The average molecular weight is 326 g/mol. The minimum atomic E-state index is -0.0892. The molecule has 0 aliphatic carbocycles. The van der Waals surface area contributed by atoms with Crippen LogP contribution < -0.4 is 10.3 Å². The van der Waals surface area contributed by atoms with Gasteiger partial charge in [-0.3, -0.25) is 4.79 Å². The number of nitrogens with zero attached hydrogens (tertiary/aromatic N) is 1. The molecule has 0 radical (unpaired) electrons. The minimum absolute atomic E-state index is 0.0892. The van der Waals surface area contributed by atoms with Crippen molar-refractivity contribution in [1.29, 1.82) is 0 Å². The van der Waals surface area contributed by atoms with Gasteiger partial charge in [-0.15, -0.1) is 0 Å². The number of pyridine rings is 1. The summed E-state index contributed by atoms with van der Waals surface area (Å²) in [6, 6.07) is 13.0. The number of hydrogen-bond acceptors (Lipinski definition) is 4. The predicted molar refractivity (Wildman–Crippen MR) is 90.5 cm³/mol. The fourth-order valence-corrected chi connectivity index (χ4v) is 3.66. The average Bonchev–Trinajstić information content (AvgIpc) is 2.82. The number of ketones is 1. The summed E-state index contributed by atoms with van der Waals surface area (Å²) in [5.41, 5.74) is 9.09. The van der Waals surface area contributed by atoms with Crippen molar-refractivity contribution < 1.29 is 9.36 Å². The van der Waals surface area contributed by atoms with Crippen molar-refractivity contribution in [2.24, 2.45) is 0 Å². The van der Waals surface area contributed by atoms with Crippen molar-refractivity contribution in [1.82, 2.24) is 0 Å². The molecular formula is C17H14N2OS2. The van der Waals surface area contributed by atoms with E-state index >= 15 is 0 Å². The van der Waals surface area contributed by atoms with Crippen molar-refractivity contribution >= 4 is 35.4 Å². The lowest BCUT2D eigenvalue weighted by molar-refractivity contribution is -0.597. The molecule has 2 heterocycles. The summed E-state index contributed by atoms with van der Waals surface area (Å²) >= 11 is 6.68. The van der Waals surface area contributed by atoms with Gasteiger partial charge < -0.3 is 29.7 Å². The number of carbonyl (C=O) groups excluding carboxylic acids is 1. The highest BCUT2D eigenvalue weighted by atomic mass is 32.2. The van der Waals surface area contributed by atoms with Crippen LogP contribution in [-0.4, -0.2) is 5.78 Å². The van der Waals surface area contributed by atoms with Crippen LogP contribution in [0.15, 0.2) is 59.1 Å². The van der Waals surface area contributed by atoms with E-state index < -0.39 is 0 Å². The molecular weight excluding hydrogens is 312 g/mol. The summed E-state index contributed by atoms with van der Waals surface area (Å²) in [4.78, 5) is 13.1. The summed E-state index contributed by atoms with van der Waals surface area (Å²) in [7, 11) is 0. The van der Waals surface area contributed by atoms with Crippen LogP contribution in [0.1, 0.15) is 20.8 Å². The predicted octanol–water partition coefficient (Wildman–Crippen LogP) is 3.05. The van der Waals surface area contributed by atoms with E-state index in [2.05, 4.69) is 0 Å². The smallest absolute Gasteiger partial charge is 0.222 e. The molecule has 0 bridgehead atoms. The number of carbonyl (C=O) groups is 1. The third kappa shape index (κ3) is 2.61. The molecule has 0 aliphatic rings. The van der Waals surface area contributed by atoms with Crippen LogP contribution in [-0.2, 0) is 12.6 Å². The van der Waals surface area contributed by atoms with Crippen molar-refractivity contribution in [3.63, 3.8) is 0 Å². The maximum absolute atomic E-state index is 12.6. The van der Waals surface area contributed by atoms with Gasteiger partial charge in [0.05, 0.1) is 0 Å². The Bertz CT molecular complexity index is 841. The van der Waals surface area contributed by atoms with E-state index in [4.69, 9.17) is 18.4 Å². The van der Waals surface area contributed by atoms with Gasteiger partial charge in [0.1, 0.15) is 5.69 Å². The first-order chi connectivity index (χ1) is 10.6. The van der Waals surface area contributed by atoms with E-state index in [1.165, 1.54) is 11.3 Å². The fourth-order valence-electron chi connectivity index (χ4n) is 2.28. The molecule has 0 fully saturated rings. The zero-order valence-electron chi connectivity index (χ0n) is 11.9. The molecule has 5 heteroatoms. The second kappa shape index (κ2) is 5.87. The highest BCUT2D eigenvalue weighted by Gasteiger charge is 2.20. The molecule has 3 aromatic rings. The number of thiophene rings is 1. The molecule has 0 spiro atoms. The Kier molecular flexibility index (Phi) is 3.92. The van der Waals surface area contributed by atoms with Crippen LogP contribution in [0, 0.1) is 6.92 Å². The number of nitrogen functional groups attached to an aromatic ring is 1. The first-order valence-corrected chi connectivity index (χ1v) is 7.97. The maximum Gasteiger partial charge on any atom is 0.222 e. The Hall–Kier alpha value is -2.24. The third-order valence-electron chi connectivity index (χ3n) is 3.34. The molecule has 22 heavy (non-hydrogen) atoms. The molecule has 1 aromatic carbocycles. The summed E-state index contributed by atoms with van der Waals surface area (Å²) in [5, 5.41) is 0. The Morgan fingerprint density at radius 2 is 1.91 bits per heavy atom. The SMILES string of the molecule is Cc1ccc[n+](-c2c([S-])sc(C(=O)c3ccccc3)c2N)c1. The van der Waals surface area contributed by atoms with Crippen molar-refractivity contribution in [3.8, 4) is 5.69 Å². The largest absolute Gasteiger partial charge is 0.421 e. The van der Waals surface area contributed by atoms with Crippen molar-refractivity contribution in [3.05, 3.63) is 70.9 Å². The van der Waals surface area contributed by atoms with E-state index in [1.807, 2.05) is 54.2 Å². The lowest BCUT2D eigenvalue weighted by Gasteiger charge is -2.03. The van der Waals surface area contributed by atoms with E-state index in [0.717, 1.165) is 5.56 Å². The number of anilines is 1. The fraction of sp³-hybridized carbons (Fsp3) is 0.0588. The van der Waals surface area contributed by atoms with Crippen LogP contribution in [0.2, 0.25) is 0 Å². The third-order valence-corrected chi connectivity index (χ3v) is 4.77. The Labute approximate surface area is 138 Å². The van der Waals surface area contributed by atoms with E-state index in [0.29, 0.717) is 26.0 Å². The Morgan fingerprint density at radius 1 is 1.18 bits per heavy atom. The molecule has 2 N–H and O–H groups in total. The second-order valence-electron chi connectivity index (χ2n) is 4.96. The molecule has 0 aliphatic heterocycles. The van der Waals surface area contributed by atoms with Crippen molar-refractivity contribution in [2.75, 3.05) is 5.73 Å². The first kappa shape index (κ1) is 14.7. The molecule has 2 aromatic heterocycles. The molecule has 0 saturated heterocycles. The summed E-state index contributed by atoms with van der Waals surface area (Å²) in [6.07, 6.45) is 3.84. The van der Waals surface area contributed by atoms with Crippen LogP contribution in [0.3, 0.4) is 0 Å². The first-order valence-electron chi connectivity index (χ1n) is 6.75. The van der Waals surface area contributed by atoms with E-state index in [-0.39, 0.29) is 5.78 Å². The van der Waals surface area contributed by atoms with Crippen LogP contribution >= 0.6 is 11.3 Å². The van der Waals surface area contributed by atoms with Gasteiger partial charge in [0, 0.05) is 22.1 Å². The van der Waals surface area contributed by atoms with Crippen molar-refractivity contribution in [2.45, 2.75) is 11.1 Å². The second-order valence-corrected chi connectivity index (χ2v) is 6.65. The summed E-state index contributed by atoms with van der Waals surface area (Å²) < 4.78 is 2.50. The minimum Gasteiger partial charge on any atom is -0.421 e. The van der Waals surface area contributed by atoms with Gasteiger partial charge in [-0.1, -0.05) is 30.3 Å². The van der Waals surface area contributed by atoms with E-state index in [9.17, 15) is 4.79 Å². The van der Waals surface area contributed by atoms with Gasteiger partial charge >= 0.3 is 0 Å². The normalized spacial score (nSPS) is 10.6. The van der Waals surface area contributed by atoms with Gasteiger partial charge in [-0.2, -0.15) is 4.57 Å². The zero-order chi connectivity index (χ0) is 15.7. The molecule has 0 amide bonds. The Balaban J connectivity index is 2.10. The molecule has 110 valence electrons. The quantitative estimate of drug-likeness (QED) is 0.457. The van der Waals surface area contributed by atoms with Crippen LogP contribution in [0.25, 0.3) is 5.69 Å². The van der Waals surface area contributed by atoms with Gasteiger partial charge in [-0.05, 0) is 17.2 Å². The maximum atomic E-state index is 12.6. The van der Waals surface area contributed by atoms with Gasteiger partial charge in [0.15, 0.2) is 18.2 Å². The number of nitrogens with two attached hydrogens (primary N) is 1. The number of benzene rings is 1. The highest BCUT2D eigenvalue weighted by molar-refractivity contribution is 7.63. The Morgan fingerprint density at radius 3 is 2.59 bits per heavy atom. The molecule has 0 unspecified atom stereocenters. The number of aryl methyl sites for hydroxylation is 1. The van der Waals surface area contributed by atoms with Gasteiger partial charge in [-0.25, -0.2) is 0 Å². The zero-order valence-corrected chi connectivity index (χ0v) is 13.6. The number of hydrogen-bond donors (Lipinski definition) is 1. The molecule has 0 saturated carbocycles. The van der Waals surface area contributed by atoms with Gasteiger partial charge in [0.2, 0.25) is 5.69 Å². The van der Waals surface area contributed by atoms with Crippen LogP contribution in [0.4, 0.5) is 5.69 Å². The van der Waals surface area contributed by atoms with Crippen LogP contribution in [0.5, 0.6) is 0 Å². The molecule has 3 rings (SSSR count). The molecule has 0 atom stereocenters. The highest BCUT2D eigenvalue weighted by Crippen LogP contribution is 2.32. The number of aromatic nitrogens is 1. The lowest BCUT2D eigenvalue weighted by atomic mass is 10.1. The van der Waals surface area contributed by atoms with E-state index in [1.54, 1.807) is 12.1 Å². The number of rotatable bonds is 3. The lowest BCUT2D eigenvalue weighted by Crippen LogP contribution is -2.31.